The number of phenolic OH excluding ortho intramolecular Hbond substituents is 2. The van der Waals surface area contributed by atoms with E-state index in [1.807, 2.05) is 0 Å². The average molecular weight is 877 g/mol. The van der Waals surface area contributed by atoms with E-state index in [1.165, 1.54) is 60.7 Å². The maximum absolute atomic E-state index is 12.5. The quantitative estimate of drug-likeness (QED) is 0.0313. The fourth-order valence-corrected chi connectivity index (χ4v) is 7.19. The number of phenols is 3. The Hall–Kier alpha value is -4.39. The van der Waals surface area contributed by atoms with Crippen molar-refractivity contribution in [1.82, 2.24) is 0 Å². The first-order valence-electron chi connectivity index (χ1n) is 16.1. The van der Waals surface area contributed by atoms with Crippen LogP contribution in [0.15, 0.2) is 144 Å². The topological polar surface area (TPSA) is 307 Å². The van der Waals surface area contributed by atoms with Gasteiger partial charge >= 0.3 is 5.97 Å². The van der Waals surface area contributed by atoms with Crippen LogP contribution in [-0.4, -0.2) is 141 Å². The predicted molar refractivity (Wildman–Crippen MR) is 224 cm³/mol. The van der Waals surface area contributed by atoms with Crippen molar-refractivity contribution >= 4 is 187 Å². The first-order chi connectivity index (χ1) is 27.0. The van der Waals surface area contributed by atoms with E-state index in [2.05, 4.69) is 30.7 Å². The van der Waals surface area contributed by atoms with Crippen LogP contribution < -0.4 is 5.73 Å². The molecule has 0 aromatic heterocycles. The summed E-state index contributed by atoms with van der Waals surface area (Å²) in [5.41, 5.74) is 5.07. The Labute approximate surface area is 406 Å². The second kappa shape index (κ2) is 19.1. The van der Waals surface area contributed by atoms with Gasteiger partial charge in [-0.15, -0.1) is 20.5 Å². The SMILES string of the molecule is Nc1ccc2c(O)c(N=Nc3ccc4cc(S(=O)(=O)O)c(N=Nc5ccc(N=Nc6ccc(O)c(C(=O)O)c6)c6ccccc56)c(O)c4c3)c(S(=O)(=O)O)cc2c1.[Na].[Na].[Na]. The van der Waals surface area contributed by atoms with Gasteiger partial charge in [-0.25, -0.2) is 4.79 Å². The molecule has 60 heavy (non-hydrogen) atoms. The van der Waals surface area contributed by atoms with E-state index in [0.29, 0.717) is 16.5 Å². The standard InChI is InChI=1S/C37H25N7O11S2.3Na/c38-20-6-9-23-19(13-20)15-32(57(53,54)55)33(35(23)46)43-40-21-7-5-18-14-31(56(50,51)52)34(36(47)26(18)16-21)44-42-29-11-10-28(24-3-1-2-4-25(24)29)41-39-22-8-12-30(45)27(17-22)37(48)49;;;/h1-17,45-47H,38H2,(H,48,49)(H,50,51,52)(H,53,54,55);;;. The van der Waals surface area contributed by atoms with Gasteiger partial charge in [-0.2, -0.15) is 27.1 Å². The van der Waals surface area contributed by atoms with E-state index >= 15 is 0 Å². The fraction of sp³-hybridized carbons (Fsp3) is 0. The van der Waals surface area contributed by atoms with Gasteiger partial charge < -0.3 is 26.2 Å². The van der Waals surface area contributed by atoms with Crippen LogP contribution in [-0.2, 0) is 20.2 Å². The fourth-order valence-electron chi connectivity index (χ4n) is 5.87. The summed E-state index contributed by atoms with van der Waals surface area (Å²) in [6.07, 6.45) is 0. The summed E-state index contributed by atoms with van der Waals surface area (Å²) < 4.78 is 69.5. The van der Waals surface area contributed by atoms with Gasteiger partial charge in [0.05, 0.1) is 22.7 Å². The number of hydrogen-bond donors (Lipinski definition) is 7. The number of aromatic hydroxyl groups is 3. The summed E-state index contributed by atoms with van der Waals surface area (Å²) in [6.45, 7) is 0. The maximum atomic E-state index is 12.5. The monoisotopic (exact) mass is 876 g/mol. The zero-order valence-electron chi connectivity index (χ0n) is 31.6. The van der Waals surface area contributed by atoms with Gasteiger partial charge in [0.1, 0.15) is 32.5 Å². The molecule has 8 N–H and O–H groups in total. The maximum Gasteiger partial charge on any atom is 0.339 e. The number of anilines is 1. The van der Waals surface area contributed by atoms with Crippen LogP contribution in [0.5, 0.6) is 17.2 Å². The number of nitrogens with two attached hydrogens (primary N) is 1. The average Bonchev–Trinajstić information content (AvgIpc) is 3.16. The molecule has 3 radical (unpaired) electrons. The Morgan fingerprint density at radius 2 is 1.02 bits per heavy atom. The number of carbonyl (C=O) groups is 1. The normalized spacial score (nSPS) is 11.9. The van der Waals surface area contributed by atoms with Crippen LogP contribution in [0.4, 0.5) is 39.8 Å². The molecule has 23 heteroatoms. The van der Waals surface area contributed by atoms with Gasteiger partial charge in [0.25, 0.3) is 20.2 Å². The molecule has 0 bridgehead atoms. The van der Waals surface area contributed by atoms with E-state index in [-0.39, 0.29) is 139 Å². The Bertz CT molecular complexity index is 3190. The number of azo groups is 3. The zero-order chi connectivity index (χ0) is 40.8. The van der Waals surface area contributed by atoms with Crippen LogP contribution in [0.3, 0.4) is 0 Å². The van der Waals surface area contributed by atoms with Crippen molar-refractivity contribution in [1.29, 1.82) is 0 Å². The first kappa shape index (κ1) is 48.3. The summed E-state index contributed by atoms with van der Waals surface area (Å²) >= 11 is 0. The van der Waals surface area contributed by atoms with Crippen molar-refractivity contribution in [2.75, 3.05) is 5.73 Å². The zero-order valence-corrected chi connectivity index (χ0v) is 39.2. The summed E-state index contributed by atoms with van der Waals surface area (Å²) in [7, 11) is -9.93. The van der Waals surface area contributed by atoms with Crippen LogP contribution in [0.2, 0.25) is 0 Å². The van der Waals surface area contributed by atoms with Crippen molar-refractivity contribution in [3.05, 3.63) is 109 Å². The molecule has 0 unspecified atom stereocenters. The van der Waals surface area contributed by atoms with E-state index in [9.17, 15) is 51.2 Å². The first-order valence-corrected chi connectivity index (χ1v) is 19.0. The van der Waals surface area contributed by atoms with Crippen LogP contribution in [0.25, 0.3) is 32.3 Å². The predicted octanol–water partition coefficient (Wildman–Crippen LogP) is 8.14. The van der Waals surface area contributed by atoms with E-state index in [1.54, 1.807) is 24.3 Å². The third-order valence-corrected chi connectivity index (χ3v) is 10.3. The summed E-state index contributed by atoms with van der Waals surface area (Å²) in [5, 5.41) is 67.1. The van der Waals surface area contributed by atoms with Crippen molar-refractivity contribution in [2.45, 2.75) is 9.79 Å². The Balaban J connectivity index is 0.00000265. The molecule has 0 aliphatic carbocycles. The van der Waals surface area contributed by atoms with Crippen molar-refractivity contribution in [2.24, 2.45) is 30.7 Å². The van der Waals surface area contributed by atoms with Crippen LogP contribution in [0.1, 0.15) is 10.4 Å². The molecule has 18 nitrogen and oxygen atoms in total. The molecule has 7 aromatic rings. The summed E-state index contributed by atoms with van der Waals surface area (Å²) in [4.78, 5) is 9.86. The second-order valence-corrected chi connectivity index (χ2v) is 15.0. The number of rotatable bonds is 9. The minimum absolute atomic E-state index is 0. The molecule has 7 aromatic carbocycles. The van der Waals surface area contributed by atoms with Gasteiger partial charge in [0.2, 0.25) is 0 Å². The smallest absolute Gasteiger partial charge is 0.339 e. The Morgan fingerprint density at radius 3 is 1.60 bits per heavy atom. The van der Waals surface area contributed by atoms with Crippen molar-refractivity contribution in [3.8, 4) is 17.2 Å². The molecule has 0 fully saturated rings. The molecule has 7 rings (SSSR count). The van der Waals surface area contributed by atoms with Gasteiger partial charge in [-0.05, 0) is 83.6 Å². The molecule has 0 amide bonds. The van der Waals surface area contributed by atoms with E-state index in [4.69, 9.17) is 5.73 Å². The van der Waals surface area contributed by atoms with Crippen LogP contribution in [0, 0.1) is 0 Å². The number of aromatic carboxylic acids is 1. The Morgan fingerprint density at radius 1 is 0.517 bits per heavy atom. The largest absolute Gasteiger partial charge is 0.507 e. The third kappa shape index (κ3) is 10.0. The molecule has 289 valence electrons. The Kier molecular flexibility index (Phi) is 15.4. The minimum Gasteiger partial charge on any atom is -0.507 e. The summed E-state index contributed by atoms with van der Waals surface area (Å²) in [5.74, 6) is -3.16. The number of benzene rings is 7. The summed E-state index contributed by atoms with van der Waals surface area (Å²) in [6, 6.07) is 23.7. The molecule has 0 aliphatic rings. The van der Waals surface area contributed by atoms with Crippen molar-refractivity contribution in [3.63, 3.8) is 0 Å². The number of hydrogen-bond acceptors (Lipinski definition) is 15. The van der Waals surface area contributed by atoms with Gasteiger partial charge in [-0.1, -0.05) is 30.3 Å². The van der Waals surface area contributed by atoms with Gasteiger partial charge in [-0.3, -0.25) is 9.11 Å². The molecular weight excluding hydrogens is 852 g/mol. The second-order valence-electron chi connectivity index (χ2n) is 12.2. The van der Waals surface area contributed by atoms with Gasteiger partial charge in [0.15, 0.2) is 11.5 Å². The van der Waals surface area contributed by atoms with Crippen molar-refractivity contribution < 1.29 is 51.2 Å². The molecule has 0 saturated heterocycles. The molecule has 0 heterocycles. The number of nitrogen functional groups attached to an aromatic ring is 1. The van der Waals surface area contributed by atoms with E-state index in [0.717, 1.165) is 18.2 Å². The number of nitrogens with zero attached hydrogens (tertiary/aromatic N) is 6. The van der Waals surface area contributed by atoms with Gasteiger partial charge in [0, 0.05) is 116 Å². The number of carboxylic acid groups (broad SMARTS) is 1. The molecule has 0 saturated carbocycles. The third-order valence-electron chi connectivity index (χ3n) is 8.55. The molecule has 0 atom stereocenters. The van der Waals surface area contributed by atoms with Crippen LogP contribution >= 0.6 is 0 Å². The molecular formula is C37H25N7Na3O11S2. The van der Waals surface area contributed by atoms with E-state index < -0.39 is 64.6 Å². The number of carboxylic acids is 1. The molecule has 0 aliphatic heterocycles. The number of fused-ring (bicyclic) bond motifs is 3. The molecule has 0 spiro atoms. The minimum atomic E-state index is -5.00.